The standard InChI is InChI=1S/C23H38N2O/c1-19(2)14-17-25(22-12-15-24-16-13-22)21-8-10-23(11-9-21)26-18-20-6-4-3-5-7-20/h8-11,19-20,22,24H,3-7,12-18H2,1-2H3. The molecule has 3 rings (SSSR count). The maximum Gasteiger partial charge on any atom is 0.119 e. The van der Waals surface area contributed by atoms with Crippen molar-refractivity contribution in [1.29, 1.82) is 0 Å². The second-order valence-electron chi connectivity index (χ2n) is 8.67. The second-order valence-corrected chi connectivity index (χ2v) is 8.67. The van der Waals surface area contributed by atoms with Crippen LogP contribution in [-0.2, 0) is 0 Å². The number of benzene rings is 1. The molecule has 1 saturated heterocycles. The Hall–Kier alpha value is -1.22. The first kappa shape index (κ1) is 19.5. The van der Waals surface area contributed by atoms with E-state index in [1.807, 2.05) is 0 Å². The van der Waals surface area contributed by atoms with Crippen LogP contribution in [0, 0.1) is 11.8 Å². The average molecular weight is 359 g/mol. The van der Waals surface area contributed by atoms with Gasteiger partial charge < -0.3 is 15.0 Å². The Morgan fingerprint density at radius 2 is 1.69 bits per heavy atom. The van der Waals surface area contributed by atoms with E-state index in [0.717, 1.165) is 43.8 Å². The van der Waals surface area contributed by atoms with E-state index >= 15 is 0 Å². The minimum Gasteiger partial charge on any atom is -0.493 e. The molecule has 0 radical (unpaired) electrons. The highest BCUT2D eigenvalue weighted by atomic mass is 16.5. The Morgan fingerprint density at radius 1 is 1.00 bits per heavy atom. The van der Waals surface area contributed by atoms with Gasteiger partial charge >= 0.3 is 0 Å². The first-order valence-corrected chi connectivity index (χ1v) is 10.9. The smallest absolute Gasteiger partial charge is 0.119 e. The van der Waals surface area contributed by atoms with Crippen molar-refractivity contribution in [2.45, 2.75) is 71.3 Å². The van der Waals surface area contributed by atoms with Gasteiger partial charge in [-0.2, -0.15) is 0 Å². The highest BCUT2D eigenvalue weighted by molar-refractivity contribution is 5.50. The Balaban J connectivity index is 1.58. The van der Waals surface area contributed by atoms with Gasteiger partial charge in [-0.05, 0) is 81.3 Å². The minimum atomic E-state index is 0.670. The molecule has 2 aliphatic rings. The van der Waals surface area contributed by atoms with Crippen LogP contribution < -0.4 is 15.0 Å². The third kappa shape index (κ3) is 5.90. The minimum absolute atomic E-state index is 0.670. The molecule has 0 amide bonds. The predicted molar refractivity (Wildman–Crippen MR) is 111 cm³/mol. The van der Waals surface area contributed by atoms with Gasteiger partial charge in [0, 0.05) is 18.3 Å². The van der Waals surface area contributed by atoms with Crippen molar-refractivity contribution in [2.24, 2.45) is 11.8 Å². The lowest BCUT2D eigenvalue weighted by atomic mass is 9.90. The molecular formula is C23H38N2O. The van der Waals surface area contributed by atoms with Gasteiger partial charge in [0.05, 0.1) is 6.61 Å². The molecule has 1 N–H and O–H groups in total. The fourth-order valence-electron chi connectivity index (χ4n) is 4.34. The molecule has 1 aromatic rings. The summed E-state index contributed by atoms with van der Waals surface area (Å²) < 4.78 is 6.10. The number of ether oxygens (including phenoxy) is 1. The van der Waals surface area contributed by atoms with Crippen molar-refractivity contribution in [3.05, 3.63) is 24.3 Å². The molecule has 2 fully saturated rings. The summed E-state index contributed by atoms with van der Waals surface area (Å²) in [5.41, 5.74) is 1.36. The van der Waals surface area contributed by atoms with E-state index in [1.165, 1.54) is 57.1 Å². The molecule has 146 valence electrons. The lowest BCUT2D eigenvalue weighted by Gasteiger charge is -2.37. The van der Waals surface area contributed by atoms with Crippen LogP contribution in [0.25, 0.3) is 0 Å². The third-order valence-electron chi connectivity index (χ3n) is 6.08. The third-order valence-corrected chi connectivity index (χ3v) is 6.08. The largest absolute Gasteiger partial charge is 0.493 e. The molecule has 0 spiro atoms. The van der Waals surface area contributed by atoms with E-state index in [-0.39, 0.29) is 0 Å². The van der Waals surface area contributed by atoms with Crippen LogP contribution in [0.3, 0.4) is 0 Å². The molecule has 0 bridgehead atoms. The summed E-state index contributed by atoms with van der Waals surface area (Å²) in [6.07, 6.45) is 10.6. The number of anilines is 1. The maximum absolute atomic E-state index is 6.10. The molecule has 1 aliphatic carbocycles. The molecule has 0 atom stereocenters. The number of hydrogen-bond donors (Lipinski definition) is 1. The number of rotatable bonds is 8. The Bertz CT molecular complexity index is 501. The zero-order valence-electron chi connectivity index (χ0n) is 16.9. The summed E-state index contributed by atoms with van der Waals surface area (Å²) in [5, 5.41) is 3.50. The van der Waals surface area contributed by atoms with Crippen LogP contribution in [0.15, 0.2) is 24.3 Å². The first-order valence-electron chi connectivity index (χ1n) is 10.9. The predicted octanol–water partition coefficient (Wildman–Crippen LogP) is 5.25. The molecule has 1 aromatic carbocycles. The van der Waals surface area contributed by atoms with Gasteiger partial charge in [0.1, 0.15) is 5.75 Å². The molecule has 1 saturated carbocycles. The fourth-order valence-corrected chi connectivity index (χ4v) is 4.34. The lowest BCUT2D eigenvalue weighted by molar-refractivity contribution is 0.209. The number of nitrogens with zero attached hydrogens (tertiary/aromatic N) is 1. The fraction of sp³-hybridized carbons (Fsp3) is 0.739. The van der Waals surface area contributed by atoms with E-state index in [2.05, 4.69) is 48.3 Å². The molecular weight excluding hydrogens is 320 g/mol. The summed E-state index contributed by atoms with van der Waals surface area (Å²) in [6.45, 7) is 8.98. The number of nitrogens with one attached hydrogen (secondary N) is 1. The van der Waals surface area contributed by atoms with Gasteiger partial charge in [-0.1, -0.05) is 33.1 Å². The molecule has 3 nitrogen and oxygen atoms in total. The topological polar surface area (TPSA) is 24.5 Å². The van der Waals surface area contributed by atoms with Crippen molar-refractivity contribution < 1.29 is 4.74 Å². The molecule has 0 aromatic heterocycles. The van der Waals surface area contributed by atoms with Gasteiger partial charge in [-0.15, -0.1) is 0 Å². The average Bonchev–Trinajstić information content (AvgIpc) is 2.69. The Morgan fingerprint density at radius 3 is 2.35 bits per heavy atom. The zero-order chi connectivity index (χ0) is 18.2. The Labute approximate surface area is 160 Å². The second kappa shape index (κ2) is 10.2. The first-order chi connectivity index (χ1) is 12.7. The molecule has 0 unspecified atom stereocenters. The maximum atomic E-state index is 6.10. The monoisotopic (exact) mass is 358 g/mol. The summed E-state index contributed by atoms with van der Waals surface area (Å²) in [7, 11) is 0. The highest BCUT2D eigenvalue weighted by Crippen LogP contribution is 2.27. The van der Waals surface area contributed by atoms with Crippen LogP contribution in [0.1, 0.15) is 65.2 Å². The van der Waals surface area contributed by atoms with E-state index in [1.54, 1.807) is 0 Å². The van der Waals surface area contributed by atoms with E-state index in [0.29, 0.717) is 6.04 Å². The highest BCUT2D eigenvalue weighted by Gasteiger charge is 2.21. The van der Waals surface area contributed by atoms with Crippen LogP contribution in [0.2, 0.25) is 0 Å². The summed E-state index contributed by atoms with van der Waals surface area (Å²) in [4.78, 5) is 2.64. The quantitative estimate of drug-likeness (QED) is 0.687. The zero-order valence-corrected chi connectivity index (χ0v) is 16.9. The lowest BCUT2D eigenvalue weighted by Crippen LogP contribution is -2.44. The van der Waals surface area contributed by atoms with Crippen molar-refractivity contribution in [3.8, 4) is 5.75 Å². The van der Waals surface area contributed by atoms with E-state index < -0.39 is 0 Å². The van der Waals surface area contributed by atoms with Gasteiger partial charge in [-0.3, -0.25) is 0 Å². The van der Waals surface area contributed by atoms with Gasteiger partial charge in [0.25, 0.3) is 0 Å². The van der Waals surface area contributed by atoms with Crippen LogP contribution in [-0.4, -0.2) is 32.3 Å². The summed E-state index contributed by atoms with van der Waals surface area (Å²) in [6, 6.07) is 9.59. The van der Waals surface area contributed by atoms with Crippen molar-refractivity contribution in [3.63, 3.8) is 0 Å². The summed E-state index contributed by atoms with van der Waals surface area (Å²) >= 11 is 0. The van der Waals surface area contributed by atoms with E-state index in [9.17, 15) is 0 Å². The molecule has 3 heteroatoms. The molecule has 1 aliphatic heterocycles. The molecule has 26 heavy (non-hydrogen) atoms. The van der Waals surface area contributed by atoms with Gasteiger partial charge in [0.2, 0.25) is 0 Å². The molecule has 1 heterocycles. The summed E-state index contributed by atoms with van der Waals surface area (Å²) in [5.74, 6) is 2.55. The normalized spacial score (nSPS) is 19.7. The van der Waals surface area contributed by atoms with Crippen molar-refractivity contribution in [1.82, 2.24) is 5.32 Å². The number of piperidine rings is 1. The van der Waals surface area contributed by atoms with Crippen LogP contribution in [0.5, 0.6) is 5.75 Å². The van der Waals surface area contributed by atoms with Crippen molar-refractivity contribution >= 4 is 5.69 Å². The SMILES string of the molecule is CC(C)CCN(c1ccc(OCC2CCCCC2)cc1)C1CCNCC1. The Kier molecular flexibility index (Phi) is 7.67. The van der Waals surface area contributed by atoms with Crippen LogP contribution in [0.4, 0.5) is 5.69 Å². The number of hydrogen-bond acceptors (Lipinski definition) is 3. The van der Waals surface area contributed by atoms with Gasteiger partial charge in [-0.25, -0.2) is 0 Å². The van der Waals surface area contributed by atoms with Crippen molar-refractivity contribution in [2.75, 3.05) is 31.1 Å². The van der Waals surface area contributed by atoms with Crippen LogP contribution >= 0.6 is 0 Å². The van der Waals surface area contributed by atoms with Gasteiger partial charge in [0.15, 0.2) is 0 Å². The van der Waals surface area contributed by atoms with E-state index in [4.69, 9.17) is 4.74 Å².